The van der Waals surface area contributed by atoms with Gasteiger partial charge in [0.15, 0.2) is 0 Å². The van der Waals surface area contributed by atoms with E-state index in [1.165, 1.54) is 7.11 Å². The molecule has 1 aromatic carbocycles. The molecule has 4 rings (SSSR count). The highest BCUT2D eigenvalue weighted by molar-refractivity contribution is 5.77. The first-order valence-corrected chi connectivity index (χ1v) is 7.42. The molecule has 2 bridgehead atoms. The van der Waals surface area contributed by atoms with Crippen LogP contribution >= 0.6 is 0 Å². The molecule has 5 heteroatoms. The second-order valence-electron chi connectivity index (χ2n) is 5.69. The maximum atomic E-state index is 12.3. The number of hydrogen-bond donors (Lipinski definition) is 0. The molecular weight excluding hydrogens is 282 g/mol. The highest BCUT2D eigenvalue weighted by Gasteiger charge is 2.44. The van der Waals surface area contributed by atoms with Crippen LogP contribution in [0.5, 0.6) is 0 Å². The zero-order chi connectivity index (χ0) is 15.5. The molecule has 116 valence electrons. The van der Waals surface area contributed by atoms with Crippen molar-refractivity contribution in [1.29, 1.82) is 0 Å². The number of methoxy groups -OCH3 is 1. The molecule has 0 spiro atoms. The van der Waals surface area contributed by atoms with Crippen LogP contribution in [0.2, 0.25) is 0 Å². The van der Waals surface area contributed by atoms with Crippen LogP contribution in [0.3, 0.4) is 0 Å². The van der Waals surface area contributed by atoms with Crippen LogP contribution < -0.4 is 0 Å². The van der Waals surface area contributed by atoms with Crippen LogP contribution in [-0.2, 0) is 20.9 Å². The summed E-state index contributed by atoms with van der Waals surface area (Å²) in [5.41, 5.74) is 0.943. The van der Waals surface area contributed by atoms with Crippen LogP contribution in [0, 0.1) is 11.8 Å². The lowest BCUT2D eigenvalue weighted by atomic mass is 9.78. The Morgan fingerprint density at radius 3 is 2.68 bits per heavy atom. The molecule has 1 amide bonds. The van der Waals surface area contributed by atoms with Gasteiger partial charge in [-0.15, -0.1) is 0 Å². The molecule has 3 unspecified atom stereocenters. The Morgan fingerprint density at radius 1 is 1.23 bits per heavy atom. The number of fused-ring (bicyclic) bond motifs is 2. The van der Waals surface area contributed by atoms with Gasteiger partial charge in [0.05, 0.1) is 19.1 Å². The molecule has 2 heterocycles. The van der Waals surface area contributed by atoms with Gasteiger partial charge < -0.3 is 14.4 Å². The van der Waals surface area contributed by atoms with Crippen molar-refractivity contribution in [2.24, 2.45) is 11.8 Å². The van der Waals surface area contributed by atoms with Gasteiger partial charge in [-0.05, 0) is 17.9 Å². The third kappa shape index (κ3) is 2.84. The minimum Gasteiger partial charge on any atom is -0.469 e. The largest absolute Gasteiger partial charge is 0.469 e. The van der Waals surface area contributed by atoms with E-state index in [0.29, 0.717) is 6.54 Å². The third-order valence-electron chi connectivity index (χ3n) is 4.28. The Kier molecular flexibility index (Phi) is 4.13. The smallest absolute Gasteiger partial charge is 0.410 e. The van der Waals surface area contributed by atoms with Crippen molar-refractivity contribution in [3.8, 4) is 0 Å². The van der Waals surface area contributed by atoms with E-state index in [2.05, 4.69) is 6.08 Å². The van der Waals surface area contributed by atoms with Crippen molar-refractivity contribution >= 4 is 12.1 Å². The molecule has 1 saturated heterocycles. The first-order chi connectivity index (χ1) is 10.7. The molecule has 3 atom stereocenters. The minimum atomic E-state index is -0.378. The van der Waals surface area contributed by atoms with Crippen molar-refractivity contribution in [2.75, 3.05) is 13.7 Å². The van der Waals surface area contributed by atoms with Crippen LogP contribution in [0.15, 0.2) is 42.5 Å². The van der Waals surface area contributed by atoms with Crippen molar-refractivity contribution in [2.45, 2.75) is 19.1 Å². The van der Waals surface area contributed by atoms with E-state index in [-0.39, 0.29) is 36.5 Å². The summed E-state index contributed by atoms with van der Waals surface area (Å²) in [7, 11) is 1.38. The Morgan fingerprint density at radius 2 is 2.00 bits per heavy atom. The van der Waals surface area contributed by atoms with Crippen LogP contribution in [-0.4, -0.2) is 36.7 Å². The number of amides is 1. The van der Waals surface area contributed by atoms with Gasteiger partial charge in [-0.3, -0.25) is 4.79 Å². The molecule has 0 saturated carbocycles. The molecular formula is C17H19NO4. The van der Waals surface area contributed by atoms with Crippen molar-refractivity contribution in [1.82, 2.24) is 4.90 Å². The van der Waals surface area contributed by atoms with Crippen LogP contribution in [0.4, 0.5) is 4.79 Å². The molecule has 5 nitrogen and oxygen atoms in total. The summed E-state index contributed by atoms with van der Waals surface area (Å²) >= 11 is 0. The van der Waals surface area contributed by atoms with Gasteiger partial charge in [0, 0.05) is 6.54 Å². The van der Waals surface area contributed by atoms with E-state index in [1.807, 2.05) is 36.4 Å². The second kappa shape index (κ2) is 6.22. The normalized spacial score (nSPS) is 25.9. The first kappa shape index (κ1) is 14.6. The maximum absolute atomic E-state index is 12.3. The quantitative estimate of drug-likeness (QED) is 0.635. The molecule has 1 aliphatic carbocycles. The van der Waals surface area contributed by atoms with Gasteiger partial charge in [-0.2, -0.15) is 0 Å². The minimum absolute atomic E-state index is 0.193. The molecule has 22 heavy (non-hydrogen) atoms. The van der Waals surface area contributed by atoms with Gasteiger partial charge in [0.2, 0.25) is 0 Å². The molecule has 2 aliphatic heterocycles. The number of ether oxygens (including phenoxy) is 2. The van der Waals surface area contributed by atoms with E-state index in [9.17, 15) is 9.59 Å². The number of piperidine rings is 1. The lowest BCUT2D eigenvalue weighted by Gasteiger charge is -2.44. The lowest BCUT2D eigenvalue weighted by molar-refractivity contribution is -0.149. The van der Waals surface area contributed by atoms with Crippen LogP contribution in [0.1, 0.15) is 12.0 Å². The fraction of sp³-hybridized carbons (Fsp3) is 0.412. The zero-order valence-electron chi connectivity index (χ0n) is 12.5. The van der Waals surface area contributed by atoms with Gasteiger partial charge in [-0.1, -0.05) is 42.5 Å². The number of carbonyl (C=O) groups is 2. The average molecular weight is 301 g/mol. The Bertz CT molecular complexity index is 584. The summed E-state index contributed by atoms with van der Waals surface area (Å²) in [6.45, 7) is 0.836. The molecule has 1 fully saturated rings. The SMILES string of the molecule is COC(=O)C1CC2C=CC1N(C(=O)OCc1ccccc1)C2. The predicted octanol–water partition coefficient (Wildman–Crippen LogP) is 2.37. The van der Waals surface area contributed by atoms with Gasteiger partial charge in [0.25, 0.3) is 0 Å². The van der Waals surface area contributed by atoms with E-state index in [0.717, 1.165) is 12.0 Å². The summed E-state index contributed by atoms with van der Waals surface area (Å²) < 4.78 is 10.2. The topological polar surface area (TPSA) is 55.8 Å². The molecule has 0 radical (unpaired) electrons. The number of nitrogens with zero attached hydrogens (tertiary/aromatic N) is 1. The summed E-state index contributed by atoms with van der Waals surface area (Å²) in [4.78, 5) is 25.8. The van der Waals surface area contributed by atoms with E-state index in [4.69, 9.17) is 9.47 Å². The van der Waals surface area contributed by atoms with Crippen molar-refractivity contribution in [3.63, 3.8) is 0 Å². The molecule has 1 aromatic rings. The Balaban J connectivity index is 1.65. The molecule has 0 N–H and O–H groups in total. The number of carbonyl (C=O) groups excluding carboxylic acids is 2. The summed E-state index contributed by atoms with van der Waals surface area (Å²) in [6.07, 6.45) is 4.35. The van der Waals surface area contributed by atoms with E-state index < -0.39 is 0 Å². The second-order valence-corrected chi connectivity index (χ2v) is 5.69. The highest BCUT2D eigenvalue weighted by Crippen LogP contribution is 2.35. The van der Waals surface area contributed by atoms with Crippen molar-refractivity contribution < 1.29 is 19.1 Å². The van der Waals surface area contributed by atoms with Gasteiger partial charge in [0.1, 0.15) is 6.61 Å². The first-order valence-electron chi connectivity index (χ1n) is 7.42. The lowest BCUT2D eigenvalue weighted by Crippen LogP contribution is -2.55. The fourth-order valence-electron chi connectivity index (χ4n) is 3.17. The summed E-state index contributed by atoms with van der Waals surface area (Å²) in [6, 6.07) is 9.28. The van der Waals surface area contributed by atoms with E-state index >= 15 is 0 Å². The van der Waals surface area contributed by atoms with E-state index in [1.54, 1.807) is 4.90 Å². The summed E-state index contributed by atoms with van der Waals surface area (Å²) in [5, 5.41) is 0. The maximum Gasteiger partial charge on any atom is 0.410 e. The number of hydrogen-bond acceptors (Lipinski definition) is 4. The Hall–Kier alpha value is -2.30. The third-order valence-corrected chi connectivity index (χ3v) is 4.28. The summed E-state index contributed by atoms with van der Waals surface area (Å²) in [5.74, 6) is -0.365. The van der Waals surface area contributed by atoms with Gasteiger partial charge in [-0.25, -0.2) is 4.79 Å². The zero-order valence-corrected chi connectivity index (χ0v) is 12.5. The number of rotatable bonds is 3. The number of benzene rings is 1. The van der Waals surface area contributed by atoms with Crippen molar-refractivity contribution in [3.05, 3.63) is 48.0 Å². The predicted molar refractivity (Wildman–Crippen MR) is 79.9 cm³/mol. The standard InChI is InChI=1S/C17H19NO4/c1-21-16(19)14-9-13-7-8-15(14)18(10-13)17(20)22-11-12-5-3-2-4-6-12/h2-8,13-15H,9-11H2,1H3. The molecule has 0 aromatic heterocycles. The number of esters is 1. The van der Waals surface area contributed by atoms with Gasteiger partial charge >= 0.3 is 12.1 Å². The highest BCUT2D eigenvalue weighted by atomic mass is 16.6. The van der Waals surface area contributed by atoms with Crippen LogP contribution in [0.25, 0.3) is 0 Å². The average Bonchev–Trinajstić information content (AvgIpc) is 2.60. The Labute approximate surface area is 129 Å². The fourth-order valence-corrected chi connectivity index (χ4v) is 3.17. The molecule has 3 aliphatic rings. The monoisotopic (exact) mass is 301 g/mol.